The molecular formula is C10H13BrClNOS. The van der Waals surface area contributed by atoms with Gasteiger partial charge in [-0.2, -0.15) is 0 Å². The minimum Gasteiger partial charge on any atom is -0.312 e. The molecule has 1 atom stereocenters. The first-order valence-electron chi connectivity index (χ1n) is 4.54. The van der Waals surface area contributed by atoms with Gasteiger partial charge in [0, 0.05) is 45.4 Å². The maximum atomic E-state index is 10.8. The summed E-state index contributed by atoms with van der Waals surface area (Å²) in [6.45, 7) is 1.45. The minimum absolute atomic E-state index is 0.672. The predicted octanol–water partition coefficient (Wildman–Crippen LogP) is 2.57. The Labute approximate surface area is 106 Å². The van der Waals surface area contributed by atoms with E-state index in [0.29, 0.717) is 12.3 Å². The van der Waals surface area contributed by atoms with Crippen LogP contribution >= 0.6 is 27.5 Å². The maximum Gasteiger partial charge on any atom is 0.0451 e. The molecule has 0 saturated carbocycles. The lowest BCUT2D eigenvalue weighted by molar-refractivity contribution is 0.676. The molecule has 0 heterocycles. The molecule has 5 heteroatoms. The molecule has 0 aliphatic rings. The van der Waals surface area contributed by atoms with Gasteiger partial charge in [-0.1, -0.05) is 27.5 Å². The van der Waals surface area contributed by atoms with Crippen LogP contribution in [0.4, 0.5) is 0 Å². The van der Waals surface area contributed by atoms with Crippen LogP contribution in [-0.4, -0.2) is 22.8 Å². The molecule has 0 radical (unpaired) electrons. The smallest absolute Gasteiger partial charge is 0.0451 e. The summed E-state index contributed by atoms with van der Waals surface area (Å²) in [6.07, 6.45) is 1.70. The molecule has 0 spiro atoms. The van der Waals surface area contributed by atoms with E-state index in [0.717, 1.165) is 21.6 Å². The normalized spacial score (nSPS) is 12.7. The average molecular weight is 311 g/mol. The molecule has 0 aromatic heterocycles. The Morgan fingerprint density at radius 1 is 1.53 bits per heavy atom. The van der Waals surface area contributed by atoms with Crippen molar-refractivity contribution in [3.63, 3.8) is 0 Å². The van der Waals surface area contributed by atoms with Crippen molar-refractivity contribution in [1.29, 1.82) is 0 Å². The molecule has 0 aliphatic heterocycles. The molecule has 2 nitrogen and oxygen atoms in total. The van der Waals surface area contributed by atoms with Crippen LogP contribution < -0.4 is 5.32 Å². The third kappa shape index (κ3) is 5.11. The summed E-state index contributed by atoms with van der Waals surface area (Å²) in [5, 5.41) is 3.96. The quantitative estimate of drug-likeness (QED) is 0.847. The van der Waals surface area contributed by atoms with Crippen molar-refractivity contribution in [2.24, 2.45) is 0 Å². The summed E-state index contributed by atoms with van der Waals surface area (Å²) in [5.41, 5.74) is 1.05. The van der Waals surface area contributed by atoms with Gasteiger partial charge in [-0.25, -0.2) is 0 Å². The van der Waals surface area contributed by atoms with E-state index in [1.807, 2.05) is 18.2 Å². The van der Waals surface area contributed by atoms with Crippen molar-refractivity contribution < 1.29 is 4.21 Å². The van der Waals surface area contributed by atoms with E-state index in [1.165, 1.54) is 0 Å². The number of hydrogen-bond donors (Lipinski definition) is 1. The van der Waals surface area contributed by atoms with E-state index < -0.39 is 10.8 Å². The molecule has 0 unspecified atom stereocenters. The summed E-state index contributed by atoms with van der Waals surface area (Å²) in [7, 11) is -0.738. The third-order valence-corrected chi connectivity index (χ3v) is 3.53. The van der Waals surface area contributed by atoms with Crippen LogP contribution in [0.3, 0.4) is 0 Å². The van der Waals surface area contributed by atoms with E-state index in [2.05, 4.69) is 21.2 Å². The predicted molar refractivity (Wildman–Crippen MR) is 69.8 cm³/mol. The van der Waals surface area contributed by atoms with Crippen molar-refractivity contribution in [2.75, 3.05) is 18.6 Å². The lowest BCUT2D eigenvalue weighted by Gasteiger charge is -2.06. The Morgan fingerprint density at radius 3 is 2.93 bits per heavy atom. The first-order chi connectivity index (χ1) is 7.09. The molecule has 0 fully saturated rings. The van der Waals surface area contributed by atoms with E-state index in [1.54, 1.807) is 6.26 Å². The van der Waals surface area contributed by atoms with Gasteiger partial charge in [0.15, 0.2) is 0 Å². The molecule has 84 valence electrons. The van der Waals surface area contributed by atoms with Crippen LogP contribution in [0.25, 0.3) is 0 Å². The van der Waals surface area contributed by atoms with Gasteiger partial charge in [-0.3, -0.25) is 4.21 Å². The van der Waals surface area contributed by atoms with Crippen molar-refractivity contribution in [2.45, 2.75) is 6.54 Å². The molecule has 1 rings (SSSR count). The zero-order chi connectivity index (χ0) is 11.3. The van der Waals surface area contributed by atoms with Gasteiger partial charge < -0.3 is 5.32 Å². The zero-order valence-electron chi connectivity index (χ0n) is 8.43. The summed E-state index contributed by atoms with van der Waals surface area (Å²) >= 11 is 9.41. The fraction of sp³-hybridized carbons (Fsp3) is 0.400. The van der Waals surface area contributed by atoms with E-state index in [4.69, 9.17) is 11.6 Å². The van der Waals surface area contributed by atoms with Crippen LogP contribution in [-0.2, 0) is 17.3 Å². The standard InChI is InChI=1S/C10H13BrClNOS/c1-15(14)5-4-13-7-8-6-9(11)2-3-10(8)12/h2-3,6,13H,4-5,7H2,1H3/t15-/m1/s1. The van der Waals surface area contributed by atoms with Crippen LogP contribution in [0.2, 0.25) is 5.02 Å². The molecule has 1 aromatic rings. The lowest BCUT2D eigenvalue weighted by Crippen LogP contribution is -2.19. The lowest BCUT2D eigenvalue weighted by atomic mass is 10.2. The fourth-order valence-electron chi connectivity index (χ4n) is 1.12. The molecule has 15 heavy (non-hydrogen) atoms. The monoisotopic (exact) mass is 309 g/mol. The Kier molecular flexibility index (Phi) is 5.82. The van der Waals surface area contributed by atoms with Crippen molar-refractivity contribution in [3.05, 3.63) is 33.3 Å². The molecule has 1 N–H and O–H groups in total. The van der Waals surface area contributed by atoms with Crippen molar-refractivity contribution in [3.8, 4) is 0 Å². The van der Waals surface area contributed by atoms with Crippen molar-refractivity contribution >= 4 is 38.3 Å². The average Bonchev–Trinajstić information content (AvgIpc) is 2.17. The first kappa shape index (κ1) is 13.2. The molecule has 1 aromatic carbocycles. The maximum absolute atomic E-state index is 10.8. The second kappa shape index (κ2) is 6.63. The minimum atomic E-state index is -0.738. The SMILES string of the molecule is C[S@@](=O)CCNCc1cc(Br)ccc1Cl. The summed E-state index contributed by atoms with van der Waals surface area (Å²) in [5.74, 6) is 0.672. The molecule has 0 bridgehead atoms. The molecule has 0 amide bonds. The second-order valence-corrected chi connectivity index (χ2v) is 6.07. The van der Waals surface area contributed by atoms with Gasteiger partial charge in [0.25, 0.3) is 0 Å². The summed E-state index contributed by atoms with van der Waals surface area (Å²) in [4.78, 5) is 0. The zero-order valence-corrected chi connectivity index (χ0v) is 11.6. The second-order valence-electron chi connectivity index (χ2n) is 3.19. The van der Waals surface area contributed by atoms with Gasteiger partial charge in [0.05, 0.1) is 0 Å². The summed E-state index contributed by atoms with van der Waals surface area (Å²) in [6, 6.07) is 5.76. The van der Waals surface area contributed by atoms with Crippen LogP contribution in [0.1, 0.15) is 5.56 Å². The highest BCUT2D eigenvalue weighted by Gasteiger charge is 2.00. The van der Waals surface area contributed by atoms with Gasteiger partial charge in [-0.05, 0) is 23.8 Å². The Balaban J connectivity index is 2.43. The number of benzene rings is 1. The third-order valence-electron chi connectivity index (χ3n) is 1.89. The van der Waals surface area contributed by atoms with E-state index in [9.17, 15) is 4.21 Å². The number of nitrogens with one attached hydrogen (secondary N) is 1. The largest absolute Gasteiger partial charge is 0.312 e. The fourth-order valence-corrected chi connectivity index (χ4v) is 2.14. The van der Waals surface area contributed by atoms with Crippen LogP contribution in [0.15, 0.2) is 22.7 Å². The first-order valence-corrected chi connectivity index (χ1v) is 7.44. The molecular weight excluding hydrogens is 298 g/mol. The Hall–Kier alpha value is 0.1000. The highest BCUT2D eigenvalue weighted by Crippen LogP contribution is 2.20. The van der Waals surface area contributed by atoms with Crippen molar-refractivity contribution in [1.82, 2.24) is 5.32 Å². The Bertz CT molecular complexity index is 359. The highest BCUT2D eigenvalue weighted by atomic mass is 79.9. The summed E-state index contributed by atoms with van der Waals surface area (Å²) < 4.78 is 11.8. The molecule has 0 aliphatic carbocycles. The van der Waals surface area contributed by atoms with Crippen LogP contribution in [0, 0.1) is 0 Å². The van der Waals surface area contributed by atoms with Crippen LogP contribution in [0.5, 0.6) is 0 Å². The number of hydrogen-bond acceptors (Lipinski definition) is 2. The number of halogens is 2. The number of rotatable bonds is 5. The van der Waals surface area contributed by atoms with E-state index in [-0.39, 0.29) is 0 Å². The van der Waals surface area contributed by atoms with Gasteiger partial charge in [0.1, 0.15) is 0 Å². The van der Waals surface area contributed by atoms with E-state index >= 15 is 0 Å². The topological polar surface area (TPSA) is 29.1 Å². The molecule has 0 saturated heterocycles. The highest BCUT2D eigenvalue weighted by molar-refractivity contribution is 9.10. The van der Waals surface area contributed by atoms with Gasteiger partial charge in [0.2, 0.25) is 0 Å². The van der Waals surface area contributed by atoms with Gasteiger partial charge >= 0.3 is 0 Å². The Morgan fingerprint density at radius 2 is 2.27 bits per heavy atom. The van der Waals surface area contributed by atoms with Gasteiger partial charge in [-0.15, -0.1) is 0 Å².